The number of hydrogen-bond acceptors (Lipinski definition) is 4. The molecule has 3 aromatic rings. The summed E-state index contributed by atoms with van der Waals surface area (Å²) in [6, 6.07) is 31.2. The SMILES string of the molecule is O=C(CCc1ccccc1)OCCCCC(Sc1ccccc1)Sc1ccccc1. The molecule has 30 heavy (non-hydrogen) atoms. The van der Waals surface area contributed by atoms with Crippen molar-refractivity contribution in [3.8, 4) is 0 Å². The van der Waals surface area contributed by atoms with E-state index in [2.05, 4.69) is 60.7 Å². The average Bonchev–Trinajstić information content (AvgIpc) is 2.79. The van der Waals surface area contributed by atoms with Crippen molar-refractivity contribution in [2.45, 2.75) is 46.5 Å². The lowest BCUT2D eigenvalue weighted by Crippen LogP contribution is -2.07. The van der Waals surface area contributed by atoms with Crippen molar-refractivity contribution in [1.82, 2.24) is 0 Å². The molecule has 0 saturated carbocycles. The minimum atomic E-state index is -0.104. The standard InChI is InChI=1S/C26H28O2S2/c27-25(20-19-22-12-4-1-5-13-22)28-21-11-10-18-26(29-23-14-6-2-7-15-23)30-24-16-8-3-9-17-24/h1-9,12-17,26H,10-11,18-21H2. The Bertz CT molecular complexity index is 812. The van der Waals surface area contributed by atoms with Gasteiger partial charge in [0.15, 0.2) is 0 Å². The van der Waals surface area contributed by atoms with Gasteiger partial charge < -0.3 is 4.74 Å². The quantitative estimate of drug-likeness (QED) is 0.129. The van der Waals surface area contributed by atoms with E-state index in [-0.39, 0.29) is 5.97 Å². The number of thioether (sulfide) groups is 2. The van der Waals surface area contributed by atoms with Crippen LogP contribution in [0.25, 0.3) is 0 Å². The number of carbonyl (C=O) groups excluding carboxylic acids is 1. The highest BCUT2D eigenvalue weighted by Crippen LogP contribution is 2.38. The Balaban J connectivity index is 1.38. The van der Waals surface area contributed by atoms with Gasteiger partial charge in [0, 0.05) is 16.2 Å². The molecule has 0 aliphatic heterocycles. The lowest BCUT2D eigenvalue weighted by Gasteiger charge is -2.16. The molecule has 0 bridgehead atoms. The molecule has 4 heteroatoms. The highest BCUT2D eigenvalue weighted by molar-refractivity contribution is 8.17. The molecule has 0 radical (unpaired) electrons. The maximum Gasteiger partial charge on any atom is 0.306 e. The molecule has 0 spiro atoms. The fraction of sp³-hybridized carbons (Fsp3) is 0.269. The predicted octanol–water partition coefficient (Wildman–Crippen LogP) is 7.24. The third-order valence-corrected chi connectivity index (χ3v) is 7.24. The van der Waals surface area contributed by atoms with E-state index in [1.807, 2.05) is 53.9 Å². The van der Waals surface area contributed by atoms with Gasteiger partial charge in [-0.1, -0.05) is 66.7 Å². The fourth-order valence-corrected chi connectivity index (χ4v) is 5.67. The molecule has 2 nitrogen and oxygen atoms in total. The summed E-state index contributed by atoms with van der Waals surface area (Å²) in [7, 11) is 0. The minimum absolute atomic E-state index is 0.104. The van der Waals surface area contributed by atoms with Crippen molar-refractivity contribution in [2.24, 2.45) is 0 Å². The number of hydrogen-bond donors (Lipinski definition) is 0. The van der Waals surface area contributed by atoms with Gasteiger partial charge in [-0.3, -0.25) is 4.79 Å². The molecule has 156 valence electrons. The first-order valence-corrected chi connectivity index (χ1v) is 12.2. The second-order valence-electron chi connectivity index (χ2n) is 6.99. The zero-order valence-corrected chi connectivity index (χ0v) is 18.7. The predicted molar refractivity (Wildman–Crippen MR) is 128 cm³/mol. The van der Waals surface area contributed by atoms with E-state index in [1.54, 1.807) is 0 Å². The third kappa shape index (κ3) is 8.68. The van der Waals surface area contributed by atoms with Gasteiger partial charge >= 0.3 is 5.97 Å². The molecular weight excluding hydrogens is 408 g/mol. The second kappa shape index (κ2) is 13.2. The van der Waals surface area contributed by atoms with Crippen molar-refractivity contribution >= 4 is 29.5 Å². The number of ether oxygens (including phenoxy) is 1. The highest BCUT2D eigenvalue weighted by atomic mass is 32.2. The molecule has 3 rings (SSSR count). The van der Waals surface area contributed by atoms with Crippen LogP contribution in [0.4, 0.5) is 0 Å². The summed E-state index contributed by atoms with van der Waals surface area (Å²) in [6.45, 7) is 0.506. The van der Waals surface area contributed by atoms with Gasteiger partial charge in [-0.2, -0.15) is 0 Å². The molecule has 0 heterocycles. The number of unbranched alkanes of at least 4 members (excludes halogenated alkanes) is 1. The van der Waals surface area contributed by atoms with Gasteiger partial charge in [0.1, 0.15) is 0 Å². The Labute approximate surface area is 188 Å². The summed E-state index contributed by atoms with van der Waals surface area (Å²) in [5.74, 6) is -0.104. The van der Waals surface area contributed by atoms with Crippen LogP contribution < -0.4 is 0 Å². The molecule has 0 saturated heterocycles. The van der Waals surface area contributed by atoms with Crippen LogP contribution >= 0.6 is 23.5 Å². The van der Waals surface area contributed by atoms with Crippen molar-refractivity contribution < 1.29 is 9.53 Å². The summed E-state index contributed by atoms with van der Waals surface area (Å²) in [5.41, 5.74) is 1.17. The maximum absolute atomic E-state index is 12.0. The number of aryl methyl sites for hydroxylation is 1. The third-order valence-electron chi connectivity index (χ3n) is 4.58. The van der Waals surface area contributed by atoms with E-state index >= 15 is 0 Å². The van der Waals surface area contributed by atoms with Crippen molar-refractivity contribution in [3.05, 3.63) is 96.6 Å². The Morgan fingerprint density at radius 2 is 1.27 bits per heavy atom. The van der Waals surface area contributed by atoms with E-state index in [0.29, 0.717) is 17.6 Å². The van der Waals surface area contributed by atoms with Gasteiger partial charge in [-0.25, -0.2) is 0 Å². The fourth-order valence-electron chi connectivity index (χ4n) is 3.01. The molecule has 0 unspecified atom stereocenters. The van der Waals surface area contributed by atoms with Gasteiger partial charge in [0.25, 0.3) is 0 Å². The topological polar surface area (TPSA) is 26.3 Å². The summed E-state index contributed by atoms with van der Waals surface area (Å²) >= 11 is 3.82. The first kappa shape index (κ1) is 22.5. The minimum Gasteiger partial charge on any atom is -0.466 e. The van der Waals surface area contributed by atoms with Crippen molar-refractivity contribution in [1.29, 1.82) is 0 Å². The Hall–Kier alpha value is -2.17. The molecule has 0 N–H and O–H groups in total. The highest BCUT2D eigenvalue weighted by Gasteiger charge is 2.13. The van der Waals surface area contributed by atoms with Gasteiger partial charge in [0.2, 0.25) is 0 Å². The van der Waals surface area contributed by atoms with E-state index in [0.717, 1.165) is 25.7 Å². The number of rotatable bonds is 12. The average molecular weight is 437 g/mol. The second-order valence-corrected chi connectivity index (χ2v) is 9.84. The molecule has 0 atom stereocenters. The normalized spacial score (nSPS) is 10.8. The number of carbonyl (C=O) groups is 1. The Morgan fingerprint density at radius 1 is 0.733 bits per heavy atom. The van der Waals surface area contributed by atoms with Crippen molar-refractivity contribution in [3.63, 3.8) is 0 Å². The Morgan fingerprint density at radius 3 is 1.83 bits per heavy atom. The van der Waals surface area contributed by atoms with Crippen molar-refractivity contribution in [2.75, 3.05) is 6.61 Å². The lowest BCUT2D eigenvalue weighted by molar-refractivity contribution is -0.143. The molecule has 3 aromatic carbocycles. The Kier molecular flexibility index (Phi) is 9.90. The van der Waals surface area contributed by atoms with E-state index in [9.17, 15) is 4.79 Å². The molecule has 0 aromatic heterocycles. The summed E-state index contributed by atoms with van der Waals surface area (Å²) in [6.07, 6.45) is 4.19. The number of benzene rings is 3. The molecule has 0 aliphatic rings. The summed E-state index contributed by atoms with van der Waals surface area (Å²) < 4.78 is 5.86. The summed E-state index contributed by atoms with van der Waals surface area (Å²) in [5, 5.41) is 0. The number of esters is 1. The molecule has 0 fully saturated rings. The maximum atomic E-state index is 12.0. The first-order valence-electron chi connectivity index (χ1n) is 10.4. The van der Waals surface area contributed by atoms with E-state index in [4.69, 9.17) is 4.74 Å². The van der Waals surface area contributed by atoms with E-state index < -0.39 is 0 Å². The van der Waals surface area contributed by atoms with Crippen LogP contribution in [0.3, 0.4) is 0 Å². The van der Waals surface area contributed by atoms with Gasteiger partial charge in [-0.05, 0) is 55.5 Å². The first-order chi connectivity index (χ1) is 14.8. The van der Waals surface area contributed by atoms with Crippen LogP contribution in [-0.2, 0) is 16.0 Å². The smallest absolute Gasteiger partial charge is 0.306 e. The largest absolute Gasteiger partial charge is 0.466 e. The van der Waals surface area contributed by atoms with E-state index in [1.165, 1.54) is 15.4 Å². The van der Waals surface area contributed by atoms with Gasteiger partial charge in [0.05, 0.1) is 11.2 Å². The van der Waals surface area contributed by atoms with Crippen LogP contribution in [0.1, 0.15) is 31.2 Å². The summed E-state index contributed by atoms with van der Waals surface area (Å²) in [4.78, 5) is 14.5. The van der Waals surface area contributed by atoms with Gasteiger partial charge in [-0.15, -0.1) is 23.5 Å². The van der Waals surface area contributed by atoms with Crippen LogP contribution in [0.15, 0.2) is 101 Å². The molecule has 0 aliphatic carbocycles. The van der Waals surface area contributed by atoms with Crippen LogP contribution in [-0.4, -0.2) is 17.2 Å². The monoisotopic (exact) mass is 436 g/mol. The zero-order valence-electron chi connectivity index (χ0n) is 17.1. The molecular formula is C26H28O2S2. The lowest BCUT2D eigenvalue weighted by atomic mass is 10.1. The zero-order chi connectivity index (χ0) is 20.9. The van der Waals surface area contributed by atoms with Crippen LogP contribution in [0.2, 0.25) is 0 Å². The van der Waals surface area contributed by atoms with Crippen LogP contribution in [0, 0.1) is 0 Å². The van der Waals surface area contributed by atoms with Crippen LogP contribution in [0.5, 0.6) is 0 Å². The molecule has 0 amide bonds.